The molecule has 1 amide bonds. The molecule has 27 heavy (non-hydrogen) atoms. The van der Waals surface area contributed by atoms with Gasteiger partial charge in [0.25, 0.3) is 5.91 Å². The van der Waals surface area contributed by atoms with Crippen LogP contribution in [0.25, 0.3) is 11.4 Å². The van der Waals surface area contributed by atoms with Crippen molar-refractivity contribution in [2.75, 3.05) is 11.1 Å². The summed E-state index contributed by atoms with van der Waals surface area (Å²) in [5, 5.41) is 6.61. The summed E-state index contributed by atoms with van der Waals surface area (Å²) in [6.45, 7) is 0. The maximum Gasteiger partial charge on any atom is 0.573 e. The molecule has 0 bridgehead atoms. The molecule has 0 saturated heterocycles. The number of ether oxygens (including phenoxy) is 1. The molecule has 140 valence electrons. The zero-order chi connectivity index (χ0) is 19.6. The number of nitrogens with zero attached hydrogens (tertiary/aromatic N) is 3. The van der Waals surface area contributed by atoms with Crippen molar-refractivity contribution in [1.82, 2.24) is 14.8 Å². The molecule has 1 heterocycles. The average molecular weight is 377 g/mol. The average Bonchev–Trinajstić information content (AvgIpc) is 2.95. The Morgan fingerprint density at radius 1 is 1.11 bits per heavy atom. The lowest BCUT2D eigenvalue weighted by Gasteiger charge is -2.08. The third-order valence-electron chi connectivity index (χ3n) is 3.51. The van der Waals surface area contributed by atoms with Crippen LogP contribution in [0.1, 0.15) is 10.4 Å². The molecule has 0 unspecified atom stereocenters. The number of rotatable bonds is 4. The van der Waals surface area contributed by atoms with Crippen LogP contribution in [0, 0.1) is 0 Å². The first-order chi connectivity index (χ1) is 12.7. The van der Waals surface area contributed by atoms with Crippen molar-refractivity contribution in [3.63, 3.8) is 0 Å². The Labute approximate surface area is 151 Å². The van der Waals surface area contributed by atoms with Gasteiger partial charge in [0.2, 0.25) is 5.95 Å². The monoisotopic (exact) mass is 377 g/mol. The number of nitrogens with two attached hydrogens (primary N) is 1. The van der Waals surface area contributed by atoms with Crippen LogP contribution >= 0.6 is 0 Å². The van der Waals surface area contributed by atoms with E-state index < -0.39 is 18.0 Å². The minimum absolute atomic E-state index is 0.0601. The molecular weight excluding hydrogens is 363 g/mol. The number of aromatic nitrogens is 3. The second-order valence-electron chi connectivity index (χ2n) is 5.53. The zero-order valence-electron chi connectivity index (χ0n) is 14.0. The first-order valence-electron chi connectivity index (χ1n) is 7.65. The van der Waals surface area contributed by atoms with E-state index in [1.165, 1.54) is 16.8 Å². The first kappa shape index (κ1) is 18.2. The Morgan fingerprint density at radius 3 is 2.33 bits per heavy atom. The van der Waals surface area contributed by atoms with Gasteiger partial charge in [-0.2, -0.15) is 4.98 Å². The number of carbonyl (C=O) groups is 1. The van der Waals surface area contributed by atoms with Crippen LogP contribution in [-0.4, -0.2) is 27.0 Å². The fourth-order valence-electron chi connectivity index (χ4n) is 2.30. The SMILES string of the molecule is Cn1nc(NC(=O)c2ccc(OC(F)(F)F)cc2)nc1-c1ccc(N)cc1. The van der Waals surface area contributed by atoms with Gasteiger partial charge in [-0.25, -0.2) is 4.68 Å². The second-order valence-corrected chi connectivity index (χ2v) is 5.53. The van der Waals surface area contributed by atoms with Crippen LogP contribution in [0.3, 0.4) is 0 Å². The minimum atomic E-state index is -4.79. The zero-order valence-corrected chi connectivity index (χ0v) is 14.0. The van der Waals surface area contributed by atoms with Gasteiger partial charge < -0.3 is 10.5 Å². The van der Waals surface area contributed by atoms with Gasteiger partial charge >= 0.3 is 6.36 Å². The largest absolute Gasteiger partial charge is 0.573 e. The molecule has 10 heteroatoms. The van der Waals surface area contributed by atoms with Crippen LogP contribution in [0.15, 0.2) is 48.5 Å². The molecule has 2 aromatic carbocycles. The Balaban J connectivity index is 1.73. The van der Waals surface area contributed by atoms with Crippen molar-refractivity contribution in [2.45, 2.75) is 6.36 Å². The molecule has 3 N–H and O–H groups in total. The maximum atomic E-state index is 12.2. The number of hydrogen-bond acceptors (Lipinski definition) is 5. The quantitative estimate of drug-likeness (QED) is 0.681. The van der Waals surface area contributed by atoms with Gasteiger partial charge in [-0.05, 0) is 48.5 Å². The van der Waals surface area contributed by atoms with Crippen molar-refractivity contribution in [3.05, 3.63) is 54.1 Å². The number of alkyl halides is 3. The molecule has 0 atom stereocenters. The smallest absolute Gasteiger partial charge is 0.406 e. The van der Waals surface area contributed by atoms with E-state index in [9.17, 15) is 18.0 Å². The summed E-state index contributed by atoms with van der Waals surface area (Å²) in [6.07, 6.45) is -4.79. The molecule has 3 aromatic rings. The third-order valence-corrected chi connectivity index (χ3v) is 3.51. The van der Waals surface area contributed by atoms with Crippen LogP contribution in [0.2, 0.25) is 0 Å². The molecule has 0 aliphatic rings. The van der Waals surface area contributed by atoms with Crippen molar-refractivity contribution in [2.24, 2.45) is 7.05 Å². The summed E-state index contributed by atoms with van der Waals surface area (Å²) in [5.41, 5.74) is 7.14. The predicted molar refractivity (Wildman–Crippen MR) is 91.9 cm³/mol. The summed E-state index contributed by atoms with van der Waals surface area (Å²) in [5.74, 6) is -0.409. The van der Waals surface area contributed by atoms with E-state index in [4.69, 9.17) is 5.73 Å². The van der Waals surface area contributed by atoms with E-state index in [0.717, 1.165) is 17.7 Å². The summed E-state index contributed by atoms with van der Waals surface area (Å²) >= 11 is 0. The van der Waals surface area contributed by atoms with E-state index in [1.807, 2.05) is 0 Å². The molecule has 0 spiro atoms. The molecule has 0 aliphatic heterocycles. The lowest BCUT2D eigenvalue weighted by atomic mass is 10.2. The van der Waals surface area contributed by atoms with Crippen LogP contribution < -0.4 is 15.8 Å². The number of nitrogens with one attached hydrogen (secondary N) is 1. The molecule has 1 aromatic heterocycles. The highest BCUT2D eigenvalue weighted by molar-refractivity contribution is 6.03. The number of carbonyl (C=O) groups excluding carboxylic acids is 1. The number of benzene rings is 2. The lowest BCUT2D eigenvalue weighted by molar-refractivity contribution is -0.274. The van der Waals surface area contributed by atoms with Crippen LogP contribution in [0.4, 0.5) is 24.8 Å². The standard InChI is InChI=1S/C17H14F3N5O2/c1-25-14(10-2-6-12(21)7-3-10)22-16(24-25)23-15(26)11-4-8-13(9-5-11)27-17(18,19)20/h2-9H,21H2,1H3,(H,23,24,26). The number of nitrogen functional groups attached to an aromatic ring is 1. The van der Waals surface area contributed by atoms with E-state index in [0.29, 0.717) is 11.5 Å². The third kappa shape index (κ3) is 4.54. The minimum Gasteiger partial charge on any atom is -0.406 e. The normalized spacial score (nSPS) is 11.3. The van der Waals surface area contributed by atoms with Gasteiger partial charge in [-0.15, -0.1) is 18.3 Å². The molecular formula is C17H14F3N5O2. The molecule has 3 rings (SSSR count). The maximum absolute atomic E-state index is 12.2. The van der Waals surface area contributed by atoms with Crippen molar-refractivity contribution in [3.8, 4) is 17.1 Å². The van der Waals surface area contributed by atoms with Crippen molar-refractivity contribution >= 4 is 17.5 Å². The lowest BCUT2D eigenvalue weighted by Crippen LogP contribution is -2.17. The summed E-state index contributed by atoms with van der Waals surface area (Å²) in [6, 6.07) is 11.5. The van der Waals surface area contributed by atoms with Gasteiger partial charge in [0.05, 0.1) is 0 Å². The van der Waals surface area contributed by atoms with Gasteiger partial charge in [0.1, 0.15) is 5.75 Å². The Kier molecular flexibility index (Phi) is 4.72. The molecule has 7 nitrogen and oxygen atoms in total. The Hall–Kier alpha value is -3.56. The fraction of sp³-hybridized carbons (Fsp3) is 0.118. The molecule has 0 fully saturated rings. The highest BCUT2D eigenvalue weighted by atomic mass is 19.4. The van der Waals surface area contributed by atoms with Gasteiger partial charge in [-0.1, -0.05) is 0 Å². The number of halogens is 3. The summed E-state index contributed by atoms with van der Waals surface area (Å²) in [4.78, 5) is 16.5. The number of aryl methyl sites for hydroxylation is 1. The van der Waals surface area contributed by atoms with Gasteiger partial charge in [-0.3, -0.25) is 10.1 Å². The van der Waals surface area contributed by atoms with E-state index in [-0.39, 0.29) is 11.5 Å². The van der Waals surface area contributed by atoms with E-state index in [1.54, 1.807) is 31.3 Å². The number of amides is 1. The molecule has 0 aliphatic carbocycles. The fourth-order valence-corrected chi connectivity index (χ4v) is 2.30. The topological polar surface area (TPSA) is 95.1 Å². The summed E-state index contributed by atoms with van der Waals surface area (Å²) in [7, 11) is 1.66. The van der Waals surface area contributed by atoms with Crippen molar-refractivity contribution in [1.29, 1.82) is 0 Å². The first-order valence-corrected chi connectivity index (χ1v) is 7.65. The highest BCUT2D eigenvalue weighted by Crippen LogP contribution is 2.23. The number of hydrogen-bond donors (Lipinski definition) is 2. The second kappa shape index (κ2) is 6.98. The summed E-state index contributed by atoms with van der Waals surface area (Å²) < 4.78 is 41.7. The van der Waals surface area contributed by atoms with E-state index >= 15 is 0 Å². The highest BCUT2D eigenvalue weighted by Gasteiger charge is 2.31. The van der Waals surface area contributed by atoms with Crippen LogP contribution in [0.5, 0.6) is 5.75 Å². The number of anilines is 2. The molecule has 0 radical (unpaired) electrons. The van der Waals surface area contributed by atoms with Crippen LogP contribution in [-0.2, 0) is 7.05 Å². The Bertz CT molecular complexity index is 950. The predicted octanol–water partition coefficient (Wildman–Crippen LogP) is 3.22. The van der Waals surface area contributed by atoms with Crippen molar-refractivity contribution < 1.29 is 22.7 Å². The Morgan fingerprint density at radius 2 is 1.74 bits per heavy atom. The van der Waals surface area contributed by atoms with Gasteiger partial charge in [0, 0.05) is 23.9 Å². The van der Waals surface area contributed by atoms with E-state index in [2.05, 4.69) is 20.1 Å². The van der Waals surface area contributed by atoms with Gasteiger partial charge in [0.15, 0.2) is 5.82 Å². The molecule has 0 saturated carbocycles.